The highest BCUT2D eigenvalue weighted by molar-refractivity contribution is 8.00. The van der Waals surface area contributed by atoms with Crippen LogP contribution in [0.3, 0.4) is 0 Å². The first-order valence-electron chi connectivity index (χ1n) is 10.3. The lowest BCUT2D eigenvalue weighted by atomic mass is 10.1. The molecule has 0 aromatic heterocycles. The van der Waals surface area contributed by atoms with Crippen molar-refractivity contribution in [3.8, 4) is 11.1 Å². The van der Waals surface area contributed by atoms with E-state index in [1.807, 2.05) is 30.3 Å². The third kappa shape index (κ3) is 3.95. The molecule has 0 saturated carbocycles. The number of rotatable bonds is 4. The molecular formula is C25H21FN2O2S. The number of carbonyl (C=O) groups is 2. The normalized spacial score (nSPS) is 19.3. The van der Waals surface area contributed by atoms with E-state index in [4.69, 9.17) is 0 Å². The second kappa shape index (κ2) is 8.19. The van der Waals surface area contributed by atoms with Crippen molar-refractivity contribution in [2.75, 3.05) is 11.1 Å². The van der Waals surface area contributed by atoms with Gasteiger partial charge in [0.1, 0.15) is 11.9 Å². The zero-order valence-electron chi connectivity index (χ0n) is 16.7. The zero-order valence-corrected chi connectivity index (χ0v) is 17.5. The summed E-state index contributed by atoms with van der Waals surface area (Å²) in [4.78, 5) is 25.3. The van der Waals surface area contributed by atoms with Crippen LogP contribution >= 0.6 is 11.8 Å². The highest BCUT2D eigenvalue weighted by Gasteiger charge is 2.33. The Morgan fingerprint density at radius 3 is 2.65 bits per heavy atom. The van der Waals surface area contributed by atoms with Gasteiger partial charge in [-0.1, -0.05) is 48.5 Å². The number of hydrogen-bond acceptors (Lipinski definition) is 3. The monoisotopic (exact) mass is 432 g/mol. The largest absolute Gasteiger partial charge is 0.343 e. The number of hydrogen-bond donors (Lipinski definition) is 2. The van der Waals surface area contributed by atoms with E-state index in [2.05, 4.69) is 22.8 Å². The van der Waals surface area contributed by atoms with Crippen molar-refractivity contribution in [1.82, 2.24) is 5.32 Å². The Hall–Kier alpha value is -3.12. The van der Waals surface area contributed by atoms with Crippen LogP contribution in [-0.2, 0) is 22.4 Å². The van der Waals surface area contributed by atoms with Crippen LogP contribution in [-0.4, -0.2) is 28.9 Å². The molecule has 0 unspecified atom stereocenters. The third-order valence-corrected chi connectivity index (χ3v) is 7.12. The molecule has 2 amide bonds. The Balaban J connectivity index is 1.22. The molecule has 0 bridgehead atoms. The van der Waals surface area contributed by atoms with Crippen molar-refractivity contribution < 1.29 is 14.0 Å². The number of benzene rings is 3. The third-order valence-electron chi connectivity index (χ3n) is 5.81. The summed E-state index contributed by atoms with van der Waals surface area (Å²) in [5.41, 5.74) is 6.16. The molecule has 31 heavy (non-hydrogen) atoms. The van der Waals surface area contributed by atoms with Gasteiger partial charge in [0.25, 0.3) is 0 Å². The van der Waals surface area contributed by atoms with E-state index in [0.29, 0.717) is 17.7 Å². The fourth-order valence-electron chi connectivity index (χ4n) is 4.20. The molecule has 156 valence electrons. The molecule has 3 aromatic rings. The zero-order chi connectivity index (χ0) is 21.4. The van der Waals surface area contributed by atoms with Gasteiger partial charge in [-0.3, -0.25) is 9.59 Å². The Morgan fingerprint density at radius 2 is 1.81 bits per heavy atom. The average molecular weight is 433 g/mol. The maximum atomic E-state index is 13.9. The number of halogens is 1. The SMILES string of the molecule is O=C1N[C@@H](C(=O)Nc2ccc3c(c2)Cc2ccccc2-3)CS[C@H]1Cc1ccccc1F. The second-order valence-corrected chi connectivity index (χ2v) is 9.11. The molecule has 2 aliphatic rings. The molecular weight excluding hydrogens is 411 g/mol. The smallest absolute Gasteiger partial charge is 0.247 e. The van der Waals surface area contributed by atoms with Gasteiger partial charge in [-0.2, -0.15) is 0 Å². The Kier molecular flexibility index (Phi) is 5.24. The van der Waals surface area contributed by atoms with Gasteiger partial charge in [0.15, 0.2) is 0 Å². The number of nitrogens with one attached hydrogen (secondary N) is 2. The first-order valence-corrected chi connectivity index (χ1v) is 11.3. The van der Waals surface area contributed by atoms with Crippen molar-refractivity contribution in [1.29, 1.82) is 0 Å². The summed E-state index contributed by atoms with van der Waals surface area (Å²) in [5, 5.41) is 5.33. The molecule has 1 fully saturated rings. The summed E-state index contributed by atoms with van der Waals surface area (Å²) < 4.78 is 13.9. The Morgan fingerprint density at radius 1 is 1.03 bits per heavy atom. The van der Waals surface area contributed by atoms with Crippen molar-refractivity contribution in [2.45, 2.75) is 24.1 Å². The average Bonchev–Trinajstić information content (AvgIpc) is 3.14. The van der Waals surface area contributed by atoms with Gasteiger partial charge < -0.3 is 10.6 Å². The number of anilines is 1. The maximum absolute atomic E-state index is 13.9. The van der Waals surface area contributed by atoms with Crippen molar-refractivity contribution in [3.63, 3.8) is 0 Å². The van der Waals surface area contributed by atoms with Crippen LogP contribution < -0.4 is 10.6 Å². The molecule has 5 rings (SSSR count). The molecule has 0 radical (unpaired) electrons. The molecule has 4 nitrogen and oxygen atoms in total. The fourth-order valence-corrected chi connectivity index (χ4v) is 5.38. The number of amides is 2. The van der Waals surface area contributed by atoms with Gasteiger partial charge >= 0.3 is 0 Å². The predicted molar refractivity (Wildman–Crippen MR) is 122 cm³/mol. The topological polar surface area (TPSA) is 58.2 Å². The Labute approximate surface area is 184 Å². The van der Waals surface area contributed by atoms with Gasteiger partial charge in [0.05, 0.1) is 5.25 Å². The van der Waals surface area contributed by atoms with E-state index < -0.39 is 11.3 Å². The van der Waals surface area contributed by atoms with Crippen LogP contribution in [0.4, 0.5) is 10.1 Å². The van der Waals surface area contributed by atoms with Gasteiger partial charge in [-0.05, 0) is 58.9 Å². The van der Waals surface area contributed by atoms with E-state index in [9.17, 15) is 14.0 Å². The van der Waals surface area contributed by atoms with Crippen LogP contribution in [0.25, 0.3) is 11.1 Å². The Bertz CT molecular complexity index is 1180. The number of fused-ring (bicyclic) bond motifs is 3. The summed E-state index contributed by atoms with van der Waals surface area (Å²) in [6.45, 7) is 0. The molecule has 2 atom stereocenters. The first kappa shape index (κ1) is 19.8. The first-order chi connectivity index (χ1) is 15.1. The van der Waals surface area contributed by atoms with Crippen molar-refractivity contribution in [2.24, 2.45) is 0 Å². The summed E-state index contributed by atoms with van der Waals surface area (Å²) in [6.07, 6.45) is 1.16. The van der Waals surface area contributed by atoms with Crippen LogP contribution in [0.2, 0.25) is 0 Å². The maximum Gasteiger partial charge on any atom is 0.247 e. The summed E-state index contributed by atoms with van der Waals surface area (Å²) in [7, 11) is 0. The second-order valence-electron chi connectivity index (χ2n) is 7.87. The van der Waals surface area contributed by atoms with E-state index in [-0.39, 0.29) is 17.6 Å². The standard InChI is InChI=1S/C25H21FN2O2S/c26-21-8-4-2-6-16(21)13-23-25(30)28-22(14-31-23)24(29)27-18-9-10-20-17(12-18)11-15-5-1-3-7-19(15)20/h1-10,12,22-23H,11,13-14H2,(H,27,29)(H,28,30)/t22-,23+/m1/s1. The van der Waals surface area contributed by atoms with E-state index >= 15 is 0 Å². The molecule has 3 aromatic carbocycles. The summed E-state index contributed by atoms with van der Waals surface area (Å²) in [5.74, 6) is -0.327. The molecule has 0 spiro atoms. The predicted octanol–water partition coefficient (Wildman–Crippen LogP) is 4.18. The molecule has 1 aliphatic heterocycles. The lowest BCUT2D eigenvalue weighted by Crippen LogP contribution is -2.52. The number of thioether (sulfide) groups is 1. The van der Waals surface area contributed by atoms with Gasteiger partial charge in [-0.25, -0.2) is 4.39 Å². The molecule has 1 aliphatic carbocycles. The molecule has 1 heterocycles. The number of carbonyl (C=O) groups excluding carboxylic acids is 2. The summed E-state index contributed by atoms with van der Waals surface area (Å²) in [6, 6.07) is 20.1. The van der Waals surface area contributed by atoms with Crippen LogP contribution in [0.1, 0.15) is 16.7 Å². The van der Waals surface area contributed by atoms with Crippen molar-refractivity contribution in [3.05, 3.63) is 89.2 Å². The minimum absolute atomic E-state index is 0.232. The van der Waals surface area contributed by atoms with Crippen LogP contribution in [0.15, 0.2) is 66.7 Å². The fraction of sp³-hybridized carbons (Fsp3) is 0.200. The molecule has 1 saturated heterocycles. The van der Waals surface area contributed by atoms with Crippen molar-refractivity contribution >= 4 is 29.3 Å². The van der Waals surface area contributed by atoms with Gasteiger partial charge in [-0.15, -0.1) is 11.8 Å². The molecule has 2 N–H and O–H groups in total. The minimum Gasteiger partial charge on any atom is -0.343 e. The van der Waals surface area contributed by atoms with Crippen LogP contribution in [0, 0.1) is 5.82 Å². The minimum atomic E-state index is -0.611. The van der Waals surface area contributed by atoms with E-state index in [1.165, 1.54) is 40.1 Å². The van der Waals surface area contributed by atoms with Crippen LogP contribution in [0.5, 0.6) is 0 Å². The quantitative estimate of drug-likeness (QED) is 0.509. The lowest BCUT2D eigenvalue weighted by molar-refractivity contribution is -0.126. The van der Waals surface area contributed by atoms with Gasteiger partial charge in [0.2, 0.25) is 11.8 Å². The molecule has 6 heteroatoms. The lowest BCUT2D eigenvalue weighted by Gasteiger charge is -2.28. The van der Waals surface area contributed by atoms with Gasteiger partial charge in [0, 0.05) is 11.4 Å². The van der Waals surface area contributed by atoms with E-state index in [0.717, 1.165) is 12.1 Å². The van der Waals surface area contributed by atoms with E-state index in [1.54, 1.807) is 18.2 Å². The highest BCUT2D eigenvalue weighted by atomic mass is 32.2. The highest BCUT2D eigenvalue weighted by Crippen LogP contribution is 2.37. The summed E-state index contributed by atoms with van der Waals surface area (Å²) >= 11 is 1.39.